The van der Waals surface area contributed by atoms with Crippen molar-refractivity contribution in [1.29, 1.82) is 0 Å². The van der Waals surface area contributed by atoms with Gasteiger partial charge in [0.25, 0.3) is 0 Å². The smallest absolute Gasteiger partial charge is 0.490 e. The summed E-state index contributed by atoms with van der Waals surface area (Å²) in [6, 6.07) is 3.44. The van der Waals surface area contributed by atoms with E-state index in [0.717, 1.165) is 76.7 Å². The predicted octanol–water partition coefficient (Wildman–Crippen LogP) is 6.68. The average Bonchev–Trinajstić information content (AvgIpc) is 3.24. The molecule has 0 aromatic heterocycles. The lowest BCUT2D eigenvalue weighted by atomic mass is 9.84. The van der Waals surface area contributed by atoms with Gasteiger partial charge in [0, 0.05) is 12.2 Å². The zero-order valence-corrected chi connectivity index (χ0v) is 21.9. The lowest BCUT2D eigenvalue weighted by molar-refractivity contribution is -0.287. The number of unbranched alkanes of at least 4 members (excludes halogenated alkanes) is 4. The molecule has 1 aromatic rings. The number of aryl methyl sites for hydroxylation is 1. The van der Waals surface area contributed by atoms with Crippen molar-refractivity contribution in [1.82, 2.24) is 0 Å². The van der Waals surface area contributed by atoms with Crippen molar-refractivity contribution in [2.45, 2.75) is 89.4 Å². The van der Waals surface area contributed by atoms with Gasteiger partial charge >= 0.3 is 18.2 Å². The molecule has 0 amide bonds. The van der Waals surface area contributed by atoms with E-state index in [1.807, 2.05) is 0 Å². The largest absolute Gasteiger partial charge is 0.586 e. The Morgan fingerprint density at radius 1 is 0.895 bits per heavy atom. The van der Waals surface area contributed by atoms with E-state index >= 15 is 0 Å². The van der Waals surface area contributed by atoms with E-state index in [1.165, 1.54) is 6.08 Å². The van der Waals surface area contributed by atoms with Gasteiger partial charge in [0.15, 0.2) is 11.5 Å². The van der Waals surface area contributed by atoms with Crippen LogP contribution in [0.4, 0.5) is 8.78 Å². The molecule has 0 unspecified atom stereocenters. The standard InChI is InChI=1S/C29H38F2O7/c1-3-25(32)35-20-10-6-5-9-19-34-24-18-15-22(27-28(24)38-29(30,31)37-27)12-8-7-11-21-13-16-23(17-14-21)36-26(33)4-2/h3-4,15,18,21,23H,1-2,5-14,16-17,19-20H2. The van der Waals surface area contributed by atoms with Crippen molar-refractivity contribution >= 4 is 11.9 Å². The van der Waals surface area contributed by atoms with Gasteiger partial charge in [-0.15, -0.1) is 8.78 Å². The molecule has 1 aromatic carbocycles. The van der Waals surface area contributed by atoms with E-state index in [9.17, 15) is 18.4 Å². The Morgan fingerprint density at radius 2 is 1.58 bits per heavy atom. The first-order valence-corrected chi connectivity index (χ1v) is 13.5. The fourth-order valence-electron chi connectivity index (χ4n) is 4.83. The average molecular weight is 537 g/mol. The number of carbonyl (C=O) groups is 2. The summed E-state index contributed by atoms with van der Waals surface area (Å²) < 4.78 is 53.5. The molecule has 9 heteroatoms. The molecule has 38 heavy (non-hydrogen) atoms. The SMILES string of the molecule is C=CC(=O)OCCCCCCOc1ccc(CCCCC2CCC(OC(=O)C=C)CC2)c2c1OC(F)(F)O2. The summed E-state index contributed by atoms with van der Waals surface area (Å²) in [5.41, 5.74) is 0.679. The van der Waals surface area contributed by atoms with Gasteiger partial charge in [-0.1, -0.05) is 32.1 Å². The Morgan fingerprint density at radius 3 is 2.29 bits per heavy atom. The summed E-state index contributed by atoms with van der Waals surface area (Å²) >= 11 is 0. The Bertz CT molecular complexity index is 954. The molecule has 0 N–H and O–H groups in total. The zero-order valence-electron chi connectivity index (χ0n) is 21.9. The van der Waals surface area contributed by atoms with Gasteiger partial charge in [-0.05, 0) is 81.8 Å². The Labute approximate surface area is 223 Å². The summed E-state index contributed by atoms with van der Waals surface area (Å²) in [4.78, 5) is 22.4. The van der Waals surface area contributed by atoms with Crippen molar-refractivity contribution in [3.63, 3.8) is 0 Å². The topological polar surface area (TPSA) is 80.3 Å². The summed E-state index contributed by atoms with van der Waals surface area (Å²) in [5, 5.41) is 0. The van der Waals surface area contributed by atoms with E-state index in [0.29, 0.717) is 31.1 Å². The summed E-state index contributed by atoms with van der Waals surface area (Å²) in [6.07, 6.45) is 8.99. The van der Waals surface area contributed by atoms with Gasteiger partial charge in [0.05, 0.1) is 13.2 Å². The van der Waals surface area contributed by atoms with Gasteiger partial charge in [0.2, 0.25) is 5.75 Å². The second-order valence-corrected chi connectivity index (χ2v) is 9.71. The molecule has 2 aliphatic rings. The summed E-state index contributed by atoms with van der Waals surface area (Å²) in [5.74, 6) is 0.0421. The summed E-state index contributed by atoms with van der Waals surface area (Å²) in [6.45, 7) is 7.47. The van der Waals surface area contributed by atoms with Crippen LogP contribution in [0.15, 0.2) is 37.4 Å². The van der Waals surface area contributed by atoms with Crippen LogP contribution < -0.4 is 14.2 Å². The number of benzene rings is 1. The number of carbonyl (C=O) groups excluding carboxylic acids is 2. The minimum atomic E-state index is -3.72. The van der Waals surface area contributed by atoms with Crippen molar-refractivity contribution < 1.29 is 42.1 Å². The highest BCUT2D eigenvalue weighted by Crippen LogP contribution is 2.49. The van der Waals surface area contributed by atoms with Crippen LogP contribution in [0.2, 0.25) is 0 Å². The molecule has 1 aliphatic heterocycles. The van der Waals surface area contributed by atoms with Gasteiger partial charge < -0.3 is 23.7 Å². The number of hydrogen-bond acceptors (Lipinski definition) is 7. The van der Waals surface area contributed by atoms with Crippen molar-refractivity contribution in [2.75, 3.05) is 13.2 Å². The lowest BCUT2D eigenvalue weighted by Crippen LogP contribution is -2.26. The van der Waals surface area contributed by atoms with Crippen molar-refractivity contribution in [3.05, 3.63) is 43.0 Å². The fraction of sp³-hybridized carbons (Fsp3) is 0.586. The molecule has 0 atom stereocenters. The zero-order chi connectivity index (χ0) is 27.4. The molecule has 1 fully saturated rings. The van der Waals surface area contributed by atoms with E-state index in [2.05, 4.69) is 13.2 Å². The number of alkyl halides is 2. The second kappa shape index (κ2) is 14.7. The highest BCUT2D eigenvalue weighted by molar-refractivity contribution is 5.81. The van der Waals surface area contributed by atoms with Crippen LogP contribution in [-0.2, 0) is 25.5 Å². The first-order valence-electron chi connectivity index (χ1n) is 13.5. The van der Waals surface area contributed by atoms with Crippen LogP contribution >= 0.6 is 0 Å². The molecular weight excluding hydrogens is 498 g/mol. The normalized spacial score (nSPS) is 19.4. The number of fused-ring (bicyclic) bond motifs is 1. The molecule has 0 radical (unpaired) electrons. The van der Waals surface area contributed by atoms with Crippen molar-refractivity contribution in [2.24, 2.45) is 5.92 Å². The van der Waals surface area contributed by atoms with Crippen LogP contribution in [0.1, 0.15) is 76.2 Å². The molecule has 0 spiro atoms. The maximum Gasteiger partial charge on any atom is 0.586 e. The molecule has 1 aliphatic carbocycles. The van der Waals surface area contributed by atoms with Crippen molar-refractivity contribution in [3.8, 4) is 17.2 Å². The molecule has 1 heterocycles. The molecular formula is C29H38F2O7. The van der Waals surface area contributed by atoms with Crippen LogP contribution in [0, 0.1) is 5.92 Å². The molecule has 1 saturated carbocycles. The molecule has 210 valence electrons. The third kappa shape index (κ3) is 9.33. The number of hydrogen-bond donors (Lipinski definition) is 0. The highest BCUT2D eigenvalue weighted by atomic mass is 19.3. The predicted molar refractivity (Wildman–Crippen MR) is 137 cm³/mol. The van der Waals surface area contributed by atoms with Gasteiger partial charge in [-0.3, -0.25) is 0 Å². The van der Waals surface area contributed by atoms with E-state index < -0.39 is 12.3 Å². The Hall–Kier alpha value is -3.10. The highest BCUT2D eigenvalue weighted by Gasteiger charge is 2.46. The Kier molecular flexibility index (Phi) is 11.4. The number of halogens is 2. The van der Waals surface area contributed by atoms with E-state index in [-0.39, 0.29) is 29.3 Å². The monoisotopic (exact) mass is 536 g/mol. The third-order valence-electron chi connectivity index (χ3n) is 6.86. The fourth-order valence-corrected chi connectivity index (χ4v) is 4.83. The lowest BCUT2D eigenvalue weighted by Gasteiger charge is -2.28. The van der Waals surface area contributed by atoms with E-state index in [1.54, 1.807) is 12.1 Å². The Balaban J connectivity index is 1.39. The number of esters is 2. The molecule has 3 rings (SSSR count). The van der Waals surface area contributed by atoms with Gasteiger partial charge in [-0.25, -0.2) is 9.59 Å². The first-order chi connectivity index (χ1) is 18.3. The molecule has 0 saturated heterocycles. The quantitative estimate of drug-likeness (QED) is 0.132. The maximum atomic E-state index is 13.9. The van der Waals surface area contributed by atoms with Crippen LogP contribution in [-0.4, -0.2) is 37.6 Å². The van der Waals surface area contributed by atoms with Gasteiger partial charge in [-0.2, -0.15) is 0 Å². The number of ether oxygens (including phenoxy) is 5. The minimum absolute atomic E-state index is 0.0205. The minimum Gasteiger partial charge on any atom is -0.490 e. The summed E-state index contributed by atoms with van der Waals surface area (Å²) in [7, 11) is 0. The maximum absolute atomic E-state index is 13.9. The molecule has 0 bridgehead atoms. The second-order valence-electron chi connectivity index (χ2n) is 9.71. The number of rotatable bonds is 16. The molecule has 7 nitrogen and oxygen atoms in total. The van der Waals surface area contributed by atoms with Gasteiger partial charge in [0.1, 0.15) is 6.10 Å². The van der Waals surface area contributed by atoms with Crippen LogP contribution in [0.5, 0.6) is 17.2 Å². The van der Waals surface area contributed by atoms with Crippen LogP contribution in [0.3, 0.4) is 0 Å². The first kappa shape index (κ1) is 29.5. The van der Waals surface area contributed by atoms with E-state index in [4.69, 9.17) is 23.7 Å². The third-order valence-corrected chi connectivity index (χ3v) is 6.86. The van der Waals surface area contributed by atoms with Crippen LogP contribution in [0.25, 0.3) is 0 Å².